The van der Waals surface area contributed by atoms with Crippen LogP contribution in [0, 0.1) is 11.3 Å². The Labute approximate surface area is 167 Å². The Morgan fingerprint density at radius 3 is 2.72 bits per heavy atom. The largest absolute Gasteiger partial charge is 0.497 e. The van der Waals surface area contributed by atoms with Crippen LogP contribution in [0.1, 0.15) is 36.0 Å². The van der Waals surface area contributed by atoms with Crippen molar-refractivity contribution in [3.8, 4) is 5.75 Å². The summed E-state index contributed by atoms with van der Waals surface area (Å²) in [5, 5.41) is 20.7. The third-order valence-corrected chi connectivity index (χ3v) is 6.16. The molecule has 1 saturated carbocycles. The highest BCUT2D eigenvalue weighted by Crippen LogP contribution is 2.45. The molecule has 1 aliphatic carbocycles. The number of nitrogens with zero attached hydrogens (tertiary/aromatic N) is 1. The van der Waals surface area contributed by atoms with Crippen molar-refractivity contribution in [2.75, 3.05) is 20.2 Å². The number of carboxylic acids is 1. The number of amides is 1. The molecule has 0 unspecified atom stereocenters. The van der Waals surface area contributed by atoms with Crippen LogP contribution in [0.3, 0.4) is 0 Å². The second kappa shape index (κ2) is 7.18. The van der Waals surface area contributed by atoms with Gasteiger partial charge in [0.15, 0.2) is 0 Å². The van der Waals surface area contributed by atoms with Gasteiger partial charge in [-0.15, -0.1) is 0 Å². The summed E-state index contributed by atoms with van der Waals surface area (Å²) >= 11 is 0. The summed E-state index contributed by atoms with van der Waals surface area (Å²) in [7, 11) is 1.49. The Kier molecular flexibility index (Phi) is 4.82. The number of fused-ring (bicyclic) bond motifs is 1. The molecule has 3 N–H and O–H groups in total. The maximum Gasteiger partial charge on any atom is 0.314 e. The number of likely N-dealkylation sites (tertiary alicyclic amines) is 1. The molecule has 154 valence electrons. The molecular formula is C21H24N2O6. The number of hydrogen-bond donors (Lipinski definition) is 3. The van der Waals surface area contributed by atoms with Gasteiger partial charge in [-0.1, -0.05) is 12.8 Å². The van der Waals surface area contributed by atoms with Gasteiger partial charge in [-0.05, 0) is 37.0 Å². The molecule has 29 heavy (non-hydrogen) atoms. The van der Waals surface area contributed by atoms with Crippen LogP contribution in [0.25, 0.3) is 10.9 Å². The van der Waals surface area contributed by atoms with Gasteiger partial charge in [-0.25, -0.2) is 0 Å². The van der Waals surface area contributed by atoms with Gasteiger partial charge in [0, 0.05) is 30.2 Å². The standard InChI is InChI=1S/C21H24N2O6/c1-29-13-4-5-16-14(8-13)18(25)15(10-22-16)19(26)23-7-6-17(24)21(11-23,20(27)28)9-12-2-3-12/h4-5,8,10,12,17,24H,2-3,6-7,9,11H2,1H3,(H,22,25)(H,27,28)/t17-,21-/m1/s1. The maximum atomic E-state index is 13.1. The van der Waals surface area contributed by atoms with Crippen LogP contribution < -0.4 is 10.2 Å². The number of aromatic nitrogens is 1. The van der Waals surface area contributed by atoms with E-state index in [-0.39, 0.29) is 31.0 Å². The van der Waals surface area contributed by atoms with E-state index in [1.54, 1.807) is 18.2 Å². The molecule has 1 aromatic heterocycles. The van der Waals surface area contributed by atoms with Crippen LogP contribution in [-0.4, -0.2) is 58.3 Å². The summed E-state index contributed by atoms with van der Waals surface area (Å²) in [6.07, 6.45) is 2.77. The van der Waals surface area contributed by atoms with Crippen LogP contribution in [-0.2, 0) is 4.79 Å². The number of H-pyrrole nitrogens is 1. The van der Waals surface area contributed by atoms with E-state index >= 15 is 0 Å². The number of ether oxygens (including phenoxy) is 1. The lowest BCUT2D eigenvalue weighted by Crippen LogP contribution is -2.57. The van der Waals surface area contributed by atoms with E-state index in [2.05, 4.69) is 4.98 Å². The van der Waals surface area contributed by atoms with Gasteiger partial charge < -0.3 is 24.8 Å². The summed E-state index contributed by atoms with van der Waals surface area (Å²) in [6.45, 7) is 0.101. The molecule has 1 saturated heterocycles. The minimum absolute atomic E-state index is 0.0483. The molecule has 2 atom stereocenters. The molecular weight excluding hydrogens is 376 g/mol. The highest BCUT2D eigenvalue weighted by Gasteiger charge is 2.52. The minimum Gasteiger partial charge on any atom is -0.497 e. The number of carbonyl (C=O) groups excluding carboxylic acids is 1. The highest BCUT2D eigenvalue weighted by atomic mass is 16.5. The normalized spacial score (nSPS) is 24.5. The van der Waals surface area contributed by atoms with Crippen LogP contribution in [0.15, 0.2) is 29.2 Å². The molecule has 1 aromatic carbocycles. The fourth-order valence-electron chi connectivity index (χ4n) is 4.24. The lowest BCUT2D eigenvalue weighted by molar-refractivity contribution is -0.163. The second-order valence-electron chi connectivity index (χ2n) is 8.08. The number of benzene rings is 1. The smallest absolute Gasteiger partial charge is 0.314 e. The first-order valence-corrected chi connectivity index (χ1v) is 9.76. The van der Waals surface area contributed by atoms with Crippen molar-refractivity contribution in [2.24, 2.45) is 11.3 Å². The Morgan fingerprint density at radius 2 is 2.07 bits per heavy atom. The molecule has 1 aliphatic heterocycles. The van der Waals surface area contributed by atoms with E-state index in [9.17, 15) is 24.6 Å². The summed E-state index contributed by atoms with van der Waals surface area (Å²) in [5.74, 6) is -0.841. The van der Waals surface area contributed by atoms with Crippen molar-refractivity contribution in [1.82, 2.24) is 9.88 Å². The highest BCUT2D eigenvalue weighted by molar-refractivity contribution is 5.97. The maximum absolute atomic E-state index is 13.1. The van der Waals surface area contributed by atoms with Gasteiger partial charge in [0.1, 0.15) is 16.7 Å². The number of carbonyl (C=O) groups is 2. The van der Waals surface area contributed by atoms with Crippen molar-refractivity contribution in [3.63, 3.8) is 0 Å². The molecule has 0 bridgehead atoms. The van der Waals surface area contributed by atoms with Crippen LogP contribution in [0.2, 0.25) is 0 Å². The zero-order valence-electron chi connectivity index (χ0n) is 16.2. The average molecular weight is 400 g/mol. The fraction of sp³-hybridized carbons (Fsp3) is 0.476. The zero-order chi connectivity index (χ0) is 20.8. The zero-order valence-corrected chi connectivity index (χ0v) is 16.2. The molecule has 2 aliphatic rings. The Morgan fingerprint density at radius 1 is 1.31 bits per heavy atom. The van der Waals surface area contributed by atoms with Gasteiger partial charge >= 0.3 is 5.97 Å². The van der Waals surface area contributed by atoms with Crippen molar-refractivity contribution < 1.29 is 24.5 Å². The first-order chi connectivity index (χ1) is 13.9. The third-order valence-electron chi connectivity index (χ3n) is 6.16. The van der Waals surface area contributed by atoms with E-state index in [1.165, 1.54) is 18.2 Å². The first-order valence-electron chi connectivity index (χ1n) is 9.76. The third kappa shape index (κ3) is 3.37. The molecule has 0 spiro atoms. The molecule has 2 heterocycles. The number of piperidine rings is 1. The average Bonchev–Trinajstić information content (AvgIpc) is 3.53. The number of carboxylic acid groups (broad SMARTS) is 1. The molecule has 8 heteroatoms. The number of rotatable bonds is 5. The lowest BCUT2D eigenvalue weighted by Gasteiger charge is -2.43. The number of aromatic amines is 1. The Balaban J connectivity index is 1.68. The Bertz CT molecular complexity index is 1030. The predicted octanol–water partition coefficient (Wildman–Crippen LogP) is 1.61. The number of aliphatic hydroxyl groups excluding tert-OH is 1. The number of hydrogen-bond acceptors (Lipinski definition) is 5. The quantitative estimate of drug-likeness (QED) is 0.701. The van der Waals surface area contributed by atoms with Crippen LogP contribution >= 0.6 is 0 Å². The molecule has 2 aromatic rings. The van der Waals surface area contributed by atoms with Gasteiger partial charge in [0.05, 0.1) is 13.2 Å². The molecule has 8 nitrogen and oxygen atoms in total. The number of aliphatic hydroxyl groups is 1. The van der Waals surface area contributed by atoms with E-state index in [4.69, 9.17) is 4.74 Å². The van der Waals surface area contributed by atoms with Gasteiger partial charge in [0.25, 0.3) is 5.91 Å². The lowest BCUT2D eigenvalue weighted by atomic mass is 9.73. The van der Waals surface area contributed by atoms with E-state index in [0.29, 0.717) is 23.1 Å². The number of aliphatic carboxylic acids is 1. The van der Waals surface area contributed by atoms with Crippen molar-refractivity contribution in [2.45, 2.75) is 31.8 Å². The van der Waals surface area contributed by atoms with E-state index in [1.807, 2.05) is 0 Å². The monoisotopic (exact) mass is 400 g/mol. The molecule has 2 fully saturated rings. The van der Waals surface area contributed by atoms with Gasteiger partial charge in [0.2, 0.25) is 5.43 Å². The SMILES string of the molecule is COc1ccc2[nH]cc(C(=O)N3CC[C@@H](O)[C@](CC4CC4)(C(=O)O)C3)c(=O)c2c1. The van der Waals surface area contributed by atoms with Crippen LogP contribution in [0.5, 0.6) is 5.75 Å². The van der Waals surface area contributed by atoms with Crippen LogP contribution in [0.4, 0.5) is 0 Å². The topological polar surface area (TPSA) is 120 Å². The summed E-state index contributed by atoms with van der Waals surface area (Å²) in [4.78, 5) is 42.5. The first kappa shape index (κ1) is 19.4. The summed E-state index contributed by atoms with van der Waals surface area (Å²) < 4.78 is 5.16. The molecule has 1 amide bonds. The van der Waals surface area contributed by atoms with Crippen molar-refractivity contribution in [3.05, 3.63) is 40.2 Å². The summed E-state index contributed by atoms with van der Waals surface area (Å²) in [5.41, 5.74) is -1.29. The van der Waals surface area contributed by atoms with E-state index in [0.717, 1.165) is 12.8 Å². The van der Waals surface area contributed by atoms with Crippen molar-refractivity contribution in [1.29, 1.82) is 0 Å². The number of pyridine rings is 1. The van der Waals surface area contributed by atoms with Crippen molar-refractivity contribution >= 4 is 22.8 Å². The predicted molar refractivity (Wildman–Crippen MR) is 105 cm³/mol. The summed E-state index contributed by atoms with van der Waals surface area (Å²) in [6, 6.07) is 4.98. The number of methoxy groups -OCH3 is 1. The molecule has 4 rings (SSSR count). The van der Waals surface area contributed by atoms with Gasteiger partial charge in [-0.3, -0.25) is 14.4 Å². The minimum atomic E-state index is -1.39. The fourth-order valence-corrected chi connectivity index (χ4v) is 4.24. The Hall–Kier alpha value is -2.87. The second-order valence-corrected chi connectivity index (χ2v) is 8.08. The number of nitrogens with one attached hydrogen (secondary N) is 1. The molecule has 0 radical (unpaired) electrons. The van der Waals surface area contributed by atoms with Gasteiger partial charge in [-0.2, -0.15) is 0 Å². The van der Waals surface area contributed by atoms with E-state index < -0.39 is 28.8 Å².